The van der Waals surface area contributed by atoms with Gasteiger partial charge in [0.15, 0.2) is 0 Å². The van der Waals surface area contributed by atoms with Crippen molar-refractivity contribution in [1.82, 2.24) is 0 Å². The van der Waals surface area contributed by atoms with Crippen molar-refractivity contribution >= 4 is 72.6 Å². The predicted molar refractivity (Wildman–Crippen MR) is 77.1 cm³/mol. The topological polar surface area (TPSA) is 12.4 Å². The van der Waals surface area contributed by atoms with Gasteiger partial charge in [0.25, 0.3) is 0 Å². The zero-order valence-electron chi connectivity index (χ0n) is 7.71. The summed E-state index contributed by atoms with van der Waals surface area (Å²) in [6.45, 7) is 0. The van der Waals surface area contributed by atoms with E-state index < -0.39 is 9.72 Å². The molecule has 0 amide bonds. The molecule has 1 aromatic carbocycles. The highest BCUT2D eigenvalue weighted by molar-refractivity contribution is 8.72. The Hall–Kier alpha value is 0.620. The molecule has 86 valence electrons. The lowest BCUT2D eigenvalue weighted by Crippen LogP contribution is -1.76. The van der Waals surface area contributed by atoms with Gasteiger partial charge in [0.05, 0.1) is 20.8 Å². The molecule has 0 N–H and O–H groups in total. The number of nitrogens with zero attached hydrogens (tertiary/aromatic N) is 1. The molecular weight excluding hydrogens is 328 g/mol. The molecule has 1 unspecified atom stereocenters. The lowest BCUT2D eigenvalue weighted by atomic mass is 10.3. The van der Waals surface area contributed by atoms with E-state index in [-0.39, 0.29) is 0 Å². The highest BCUT2D eigenvalue weighted by Crippen LogP contribution is 2.39. The second-order valence-electron chi connectivity index (χ2n) is 2.88. The fourth-order valence-corrected chi connectivity index (χ4v) is 5.64. The molecule has 2 rings (SSSR count). The van der Waals surface area contributed by atoms with Gasteiger partial charge in [-0.3, -0.25) is 0 Å². The van der Waals surface area contributed by atoms with Crippen LogP contribution in [0.2, 0.25) is 10.0 Å². The lowest BCUT2D eigenvalue weighted by Gasteiger charge is -2.00. The minimum absolute atomic E-state index is 0.415. The standard InChI is InChI=1S/C9H5Cl4NS2/c10-6-2-1-5(3-7(6)11)14-16-9(13)8(12)4-15-16/h1-3H,4H2. The first-order valence-corrected chi connectivity index (χ1v) is 8.36. The number of benzene rings is 1. The van der Waals surface area contributed by atoms with E-state index in [4.69, 9.17) is 46.4 Å². The molecule has 1 aliphatic heterocycles. The monoisotopic (exact) mass is 331 g/mol. The molecule has 0 spiro atoms. The van der Waals surface area contributed by atoms with Crippen LogP contribution < -0.4 is 0 Å². The van der Waals surface area contributed by atoms with Crippen molar-refractivity contribution < 1.29 is 0 Å². The largest absolute Gasteiger partial charge is 0.212 e. The molecular formula is C9H5Cl4NS2. The van der Waals surface area contributed by atoms with E-state index in [1.165, 1.54) is 0 Å². The molecule has 7 heteroatoms. The summed E-state index contributed by atoms with van der Waals surface area (Å²) < 4.78 is 5.09. The van der Waals surface area contributed by atoms with Crippen LogP contribution in [0.5, 0.6) is 0 Å². The summed E-state index contributed by atoms with van der Waals surface area (Å²) in [6, 6.07) is 5.23. The predicted octanol–water partition coefficient (Wildman–Crippen LogP) is 5.74. The van der Waals surface area contributed by atoms with Crippen LogP contribution >= 0.6 is 57.2 Å². The van der Waals surface area contributed by atoms with Crippen molar-refractivity contribution in [2.75, 3.05) is 5.75 Å². The van der Waals surface area contributed by atoms with Crippen LogP contribution in [-0.2, 0) is 9.72 Å². The third-order valence-electron chi connectivity index (χ3n) is 1.76. The maximum atomic E-state index is 6.04. The zero-order valence-corrected chi connectivity index (χ0v) is 12.4. The van der Waals surface area contributed by atoms with Crippen LogP contribution in [0.4, 0.5) is 5.69 Å². The Bertz CT molecular complexity index is 498. The molecule has 1 aromatic rings. The van der Waals surface area contributed by atoms with Crippen LogP contribution in [0, 0.1) is 0 Å². The fourth-order valence-electron chi connectivity index (χ4n) is 1.01. The van der Waals surface area contributed by atoms with E-state index in [2.05, 4.69) is 4.36 Å². The van der Waals surface area contributed by atoms with Gasteiger partial charge in [0.2, 0.25) is 0 Å². The van der Waals surface area contributed by atoms with Crippen LogP contribution in [0.1, 0.15) is 0 Å². The van der Waals surface area contributed by atoms with Crippen molar-refractivity contribution in [3.05, 3.63) is 37.6 Å². The Morgan fingerprint density at radius 3 is 2.44 bits per heavy atom. The Balaban J connectivity index is 2.34. The third kappa shape index (κ3) is 2.89. The number of halogens is 4. The van der Waals surface area contributed by atoms with E-state index in [0.29, 0.717) is 25.2 Å². The van der Waals surface area contributed by atoms with Gasteiger partial charge in [-0.05, 0) is 18.2 Å². The van der Waals surface area contributed by atoms with E-state index in [1.807, 2.05) is 0 Å². The molecule has 1 aliphatic rings. The summed E-state index contributed by atoms with van der Waals surface area (Å²) in [4.78, 5) is 0. The first-order valence-electron chi connectivity index (χ1n) is 4.16. The molecule has 0 radical (unpaired) electrons. The van der Waals surface area contributed by atoms with E-state index in [0.717, 1.165) is 5.69 Å². The molecule has 0 aromatic heterocycles. The van der Waals surface area contributed by atoms with Crippen molar-refractivity contribution in [2.45, 2.75) is 0 Å². The lowest BCUT2D eigenvalue weighted by molar-refractivity contribution is 1.57. The molecule has 0 saturated heterocycles. The summed E-state index contributed by atoms with van der Waals surface area (Å²) in [7, 11) is 1.20. The van der Waals surface area contributed by atoms with Gasteiger partial charge in [0, 0.05) is 15.5 Å². The van der Waals surface area contributed by atoms with Gasteiger partial charge in [-0.15, -0.1) is 0 Å². The summed E-state index contributed by atoms with van der Waals surface area (Å²) in [6.07, 6.45) is 0. The van der Waals surface area contributed by atoms with Crippen LogP contribution in [-0.4, -0.2) is 5.75 Å². The molecule has 0 bridgehead atoms. The fraction of sp³-hybridized carbons (Fsp3) is 0.111. The molecule has 1 atom stereocenters. The molecule has 16 heavy (non-hydrogen) atoms. The number of rotatable bonds is 1. The van der Waals surface area contributed by atoms with Gasteiger partial charge in [-0.25, -0.2) is 4.36 Å². The van der Waals surface area contributed by atoms with Crippen LogP contribution in [0.3, 0.4) is 0 Å². The molecule has 0 aliphatic carbocycles. The Morgan fingerprint density at radius 2 is 1.88 bits per heavy atom. The quantitative estimate of drug-likeness (QED) is 0.598. The number of hydrogen-bond donors (Lipinski definition) is 0. The normalized spacial score (nSPS) is 20.9. The highest BCUT2D eigenvalue weighted by atomic mass is 35.5. The van der Waals surface area contributed by atoms with Crippen molar-refractivity contribution in [1.29, 1.82) is 0 Å². The summed E-state index contributed by atoms with van der Waals surface area (Å²) in [5.41, 5.74) is 0.759. The Labute approximate surface area is 120 Å². The van der Waals surface area contributed by atoms with Crippen LogP contribution in [0.15, 0.2) is 32.0 Å². The third-order valence-corrected chi connectivity index (χ3v) is 7.43. The van der Waals surface area contributed by atoms with Crippen LogP contribution in [0.25, 0.3) is 0 Å². The zero-order chi connectivity index (χ0) is 11.7. The summed E-state index contributed by atoms with van der Waals surface area (Å²) >= 11 is 23.7. The number of hydrogen-bond acceptors (Lipinski definition) is 2. The molecule has 0 saturated carbocycles. The first-order chi connectivity index (χ1) is 7.58. The second-order valence-corrected chi connectivity index (χ2v) is 8.02. The average molecular weight is 333 g/mol. The van der Waals surface area contributed by atoms with Crippen molar-refractivity contribution in [3.8, 4) is 0 Å². The maximum Gasteiger partial charge on any atom is 0.110 e. The van der Waals surface area contributed by atoms with Gasteiger partial charge in [-0.2, -0.15) is 0 Å². The molecule has 1 nitrogen and oxygen atoms in total. The Kier molecular flexibility index (Phi) is 4.50. The van der Waals surface area contributed by atoms with Crippen molar-refractivity contribution in [2.24, 2.45) is 4.36 Å². The molecule has 0 fully saturated rings. The van der Waals surface area contributed by atoms with Crippen molar-refractivity contribution in [3.63, 3.8) is 0 Å². The first kappa shape index (κ1) is 13.1. The van der Waals surface area contributed by atoms with E-state index >= 15 is 0 Å². The smallest absolute Gasteiger partial charge is 0.110 e. The minimum atomic E-state index is -0.415. The second kappa shape index (κ2) is 5.51. The van der Waals surface area contributed by atoms with E-state index in [9.17, 15) is 0 Å². The highest BCUT2D eigenvalue weighted by Gasteiger charge is 2.17. The summed E-state index contributed by atoms with van der Waals surface area (Å²) in [5, 5.41) is 1.68. The molecule has 1 heterocycles. The minimum Gasteiger partial charge on any atom is -0.212 e. The summed E-state index contributed by atoms with van der Waals surface area (Å²) in [5.74, 6) is 0.717. The van der Waals surface area contributed by atoms with Gasteiger partial charge >= 0.3 is 0 Å². The van der Waals surface area contributed by atoms with E-state index in [1.54, 1.807) is 29.0 Å². The SMILES string of the molecule is ClC1=C(Cl)S(=Nc2ccc(Cl)c(Cl)c2)SC1. The van der Waals surface area contributed by atoms with Gasteiger partial charge < -0.3 is 0 Å². The average Bonchev–Trinajstić information content (AvgIpc) is 2.55. The van der Waals surface area contributed by atoms with Gasteiger partial charge in [0.1, 0.15) is 4.36 Å². The maximum absolute atomic E-state index is 6.04. The Morgan fingerprint density at radius 1 is 1.12 bits per heavy atom. The van der Waals surface area contributed by atoms with Gasteiger partial charge in [-0.1, -0.05) is 57.2 Å².